The first-order chi connectivity index (χ1) is 7.95. The number of hydrogen-bond donors (Lipinski definition) is 1. The molecule has 0 aliphatic carbocycles. The summed E-state index contributed by atoms with van der Waals surface area (Å²) >= 11 is 0. The number of nitrogens with zero attached hydrogens (tertiary/aromatic N) is 2. The zero-order valence-corrected chi connectivity index (χ0v) is 10.8. The number of carbonyl (C=O) groups excluding carboxylic acids is 1. The number of anilines is 1. The van der Waals surface area contributed by atoms with Crippen LogP contribution in [0.1, 0.15) is 43.6 Å². The van der Waals surface area contributed by atoms with Gasteiger partial charge in [-0.1, -0.05) is 20.8 Å². The molecule has 1 unspecified atom stereocenters. The van der Waals surface area contributed by atoms with Crippen LogP contribution in [-0.2, 0) is 4.74 Å². The van der Waals surface area contributed by atoms with Crippen molar-refractivity contribution in [3.63, 3.8) is 0 Å². The molecule has 1 aliphatic heterocycles. The predicted octanol–water partition coefficient (Wildman–Crippen LogP) is 2.07. The summed E-state index contributed by atoms with van der Waals surface area (Å²) in [6, 6.07) is 0.303. The fourth-order valence-electron chi connectivity index (χ4n) is 2.28. The van der Waals surface area contributed by atoms with E-state index >= 15 is 0 Å². The standard InChI is InChI=1S/C12H19N3O2/c1-12(2,3)9-5-6-13-10-8(11(16)17-4)7-14-15(9)10/h7,9,13H,5-6H2,1-4H3. The predicted molar refractivity (Wildman–Crippen MR) is 65.2 cm³/mol. The Labute approximate surface area is 101 Å². The lowest BCUT2D eigenvalue weighted by Crippen LogP contribution is -2.32. The molecule has 5 nitrogen and oxygen atoms in total. The summed E-state index contributed by atoms with van der Waals surface area (Å²) in [4.78, 5) is 11.6. The quantitative estimate of drug-likeness (QED) is 0.760. The zero-order chi connectivity index (χ0) is 12.6. The van der Waals surface area contributed by atoms with Crippen LogP contribution in [0, 0.1) is 5.41 Å². The Morgan fingerprint density at radius 2 is 2.29 bits per heavy atom. The van der Waals surface area contributed by atoms with E-state index in [9.17, 15) is 4.79 Å². The Kier molecular flexibility index (Phi) is 2.85. The second-order valence-corrected chi connectivity index (χ2v) is 5.44. The van der Waals surface area contributed by atoms with Gasteiger partial charge in [-0.25, -0.2) is 9.48 Å². The minimum Gasteiger partial charge on any atom is -0.465 e. The normalized spacial score (nSPS) is 19.4. The molecule has 1 atom stereocenters. The maximum atomic E-state index is 11.6. The molecule has 0 spiro atoms. The molecule has 94 valence electrons. The third kappa shape index (κ3) is 2.01. The lowest BCUT2D eigenvalue weighted by molar-refractivity contribution is 0.0601. The first-order valence-corrected chi connectivity index (χ1v) is 5.85. The van der Waals surface area contributed by atoms with Crippen molar-refractivity contribution in [1.82, 2.24) is 9.78 Å². The van der Waals surface area contributed by atoms with Crippen molar-refractivity contribution in [1.29, 1.82) is 0 Å². The molecular formula is C12H19N3O2. The van der Waals surface area contributed by atoms with Gasteiger partial charge >= 0.3 is 5.97 Å². The monoisotopic (exact) mass is 237 g/mol. The van der Waals surface area contributed by atoms with Crippen molar-refractivity contribution >= 4 is 11.8 Å². The largest absolute Gasteiger partial charge is 0.465 e. The summed E-state index contributed by atoms with van der Waals surface area (Å²) in [7, 11) is 1.39. The molecule has 0 saturated heterocycles. The Morgan fingerprint density at radius 3 is 2.88 bits per heavy atom. The van der Waals surface area contributed by atoms with Crippen LogP contribution in [0.15, 0.2) is 6.20 Å². The van der Waals surface area contributed by atoms with Crippen molar-refractivity contribution < 1.29 is 9.53 Å². The van der Waals surface area contributed by atoms with Gasteiger partial charge in [0.1, 0.15) is 11.4 Å². The van der Waals surface area contributed by atoms with E-state index in [0.717, 1.165) is 18.8 Å². The summed E-state index contributed by atoms with van der Waals surface area (Å²) in [5.74, 6) is 0.441. The fourth-order valence-corrected chi connectivity index (χ4v) is 2.28. The van der Waals surface area contributed by atoms with Crippen LogP contribution in [0.3, 0.4) is 0 Å². The van der Waals surface area contributed by atoms with Crippen LogP contribution in [-0.4, -0.2) is 29.4 Å². The SMILES string of the molecule is COC(=O)c1cnn2c1NCCC2C(C)(C)C. The molecule has 0 aromatic carbocycles. The van der Waals surface area contributed by atoms with Gasteiger partial charge in [0.25, 0.3) is 0 Å². The number of aromatic nitrogens is 2. The summed E-state index contributed by atoms with van der Waals surface area (Å²) in [6.45, 7) is 7.42. The molecule has 0 bridgehead atoms. The van der Waals surface area contributed by atoms with Gasteiger partial charge in [0.2, 0.25) is 0 Å². The first-order valence-electron chi connectivity index (χ1n) is 5.85. The molecule has 17 heavy (non-hydrogen) atoms. The highest BCUT2D eigenvalue weighted by molar-refractivity contribution is 5.94. The molecule has 1 N–H and O–H groups in total. The van der Waals surface area contributed by atoms with Gasteiger partial charge in [0.15, 0.2) is 0 Å². The van der Waals surface area contributed by atoms with Gasteiger partial charge in [-0.05, 0) is 11.8 Å². The van der Waals surface area contributed by atoms with E-state index in [-0.39, 0.29) is 11.4 Å². The second kappa shape index (κ2) is 4.05. The van der Waals surface area contributed by atoms with E-state index in [2.05, 4.69) is 31.2 Å². The summed E-state index contributed by atoms with van der Waals surface area (Å²) in [5, 5.41) is 7.56. The van der Waals surface area contributed by atoms with E-state index in [1.54, 1.807) is 6.20 Å². The molecule has 2 heterocycles. The van der Waals surface area contributed by atoms with Crippen molar-refractivity contribution in [2.24, 2.45) is 5.41 Å². The Bertz CT molecular complexity index is 431. The van der Waals surface area contributed by atoms with E-state index in [4.69, 9.17) is 4.74 Å². The number of methoxy groups -OCH3 is 1. The molecule has 0 fully saturated rings. The third-order valence-electron chi connectivity index (χ3n) is 3.21. The summed E-state index contributed by atoms with van der Waals surface area (Å²) in [6.07, 6.45) is 2.59. The minimum atomic E-state index is -0.340. The molecule has 0 saturated carbocycles. The van der Waals surface area contributed by atoms with E-state index in [1.807, 2.05) is 4.68 Å². The van der Waals surface area contributed by atoms with E-state index < -0.39 is 0 Å². The lowest BCUT2D eigenvalue weighted by atomic mass is 9.84. The highest BCUT2D eigenvalue weighted by Gasteiger charge is 2.33. The van der Waals surface area contributed by atoms with E-state index in [0.29, 0.717) is 11.6 Å². The van der Waals surface area contributed by atoms with Gasteiger partial charge in [-0.15, -0.1) is 0 Å². The van der Waals surface area contributed by atoms with Crippen molar-refractivity contribution in [2.75, 3.05) is 19.0 Å². The molecule has 0 radical (unpaired) electrons. The van der Waals surface area contributed by atoms with Crippen LogP contribution in [0.2, 0.25) is 0 Å². The highest BCUT2D eigenvalue weighted by atomic mass is 16.5. The van der Waals surface area contributed by atoms with Gasteiger partial charge in [0.05, 0.1) is 19.3 Å². The molecule has 1 aromatic rings. The maximum Gasteiger partial charge on any atom is 0.343 e. The number of ether oxygens (including phenoxy) is 1. The lowest BCUT2D eigenvalue weighted by Gasteiger charge is -2.35. The fraction of sp³-hybridized carbons (Fsp3) is 0.667. The second-order valence-electron chi connectivity index (χ2n) is 5.44. The van der Waals surface area contributed by atoms with Gasteiger partial charge in [0, 0.05) is 6.54 Å². The molecular weight excluding hydrogens is 218 g/mol. The molecule has 5 heteroatoms. The molecule has 0 amide bonds. The molecule has 2 rings (SSSR count). The van der Waals surface area contributed by atoms with Crippen LogP contribution in [0.5, 0.6) is 0 Å². The Hall–Kier alpha value is -1.52. The summed E-state index contributed by atoms with van der Waals surface area (Å²) in [5.41, 5.74) is 0.637. The zero-order valence-electron chi connectivity index (χ0n) is 10.8. The number of esters is 1. The van der Waals surface area contributed by atoms with Crippen LogP contribution < -0.4 is 5.32 Å². The number of fused-ring (bicyclic) bond motifs is 1. The van der Waals surface area contributed by atoms with Crippen LogP contribution >= 0.6 is 0 Å². The highest BCUT2D eigenvalue weighted by Crippen LogP contribution is 2.38. The van der Waals surface area contributed by atoms with Crippen molar-refractivity contribution in [3.05, 3.63) is 11.8 Å². The average Bonchev–Trinajstić information content (AvgIpc) is 2.69. The topological polar surface area (TPSA) is 56.1 Å². The third-order valence-corrected chi connectivity index (χ3v) is 3.21. The smallest absolute Gasteiger partial charge is 0.343 e. The van der Waals surface area contributed by atoms with Crippen molar-refractivity contribution in [2.45, 2.75) is 33.2 Å². The summed E-state index contributed by atoms with van der Waals surface area (Å²) < 4.78 is 6.66. The van der Waals surface area contributed by atoms with Gasteiger partial charge < -0.3 is 10.1 Å². The van der Waals surface area contributed by atoms with Crippen LogP contribution in [0.4, 0.5) is 5.82 Å². The average molecular weight is 237 g/mol. The number of rotatable bonds is 1. The van der Waals surface area contributed by atoms with Gasteiger partial charge in [-0.2, -0.15) is 5.10 Å². The minimum absolute atomic E-state index is 0.121. The number of carbonyl (C=O) groups is 1. The number of nitrogens with one attached hydrogen (secondary N) is 1. The number of hydrogen-bond acceptors (Lipinski definition) is 4. The Balaban J connectivity index is 2.42. The maximum absolute atomic E-state index is 11.6. The Morgan fingerprint density at radius 1 is 1.59 bits per heavy atom. The van der Waals surface area contributed by atoms with E-state index in [1.165, 1.54) is 7.11 Å². The van der Waals surface area contributed by atoms with Crippen LogP contribution in [0.25, 0.3) is 0 Å². The van der Waals surface area contributed by atoms with Gasteiger partial charge in [-0.3, -0.25) is 0 Å². The molecule has 1 aliphatic rings. The van der Waals surface area contributed by atoms with Crippen molar-refractivity contribution in [3.8, 4) is 0 Å². The molecule has 1 aromatic heterocycles. The first kappa shape index (κ1) is 12.0.